The van der Waals surface area contributed by atoms with Crippen LogP contribution in [0.1, 0.15) is 5.56 Å². The maximum Gasteiger partial charge on any atom is 0.171 e. The Hall–Kier alpha value is -2.17. The molecule has 0 saturated heterocycles. The summed E-state index contributed by atoms with van der Waals surface area (Å²) in [5.41, 5.74) is 7.75. The van der Waals surface area contributed by atoms with Gasteiger partial charge in [-0.2, -0.15) is 5.10 Å². The monoisotopic (exact) mass is 244 g/mol. The zero-order valence-corrected chi connectivity index (χ0v) is 10.3. The van der Waals surface area contributed by atoms with E-state index in [0.717, 1.165) is 18.0 Å². The Kier molecular flexibility index (Phi) is 2.59. The van der Waals surface area contributed by atoms with Crippen LogP contribution in [0.5, 0.6) is 5.75 Å². The van der Waals surface area contributed by atoms with E-state index >= 15 is 0 Å². The van der Waals surface area contributed by atoms with Gasteiger partial charge in [-0.3, -0.25) is 4.68 Å². The summed E-state index contributed by atoms with van der Waals surface area (Å²) in [6, 6.07) is 8.13. The molecule has 18 heavy (non-hydrogen) atoms. The fraction of sp³-hybridized carbons (Fsp3) is 0.308. The second-order valence-corrected chi connectivity index (χ2v) is 4.54. The minimum Gasteiger partial charge on any atom is -0.488 e. The van der Waals surface area contributed by atoms with Crippen molar-refractivity contribution in [2.45, 2.75) is 12.5 Å². The molecular weight excluding hydrogens is 228 g/mol. The van der Waals surface area contributed by atoms with E-state index in [1.54, 1.807) is 10.9 Å². The van der Waals surface area contributed by atoms with E-state index in [1.165, 1.54) is 5.56 Å². The van der Waals surface area contributed by atoms with Crippen molar-refractivity contribution in [3.63, 3.8) is 0 Å². The van der Waals surface area contributed by atoms with Crippen molar-refractivity contribution in [2.75, 3.05) is 17.6 Å². The Morgan fingerprint density at radius 3 is 3.06 bits per heavy atom. The fourth-order valence-electron chi connectivity index (χ4n) is 2.22. The van der Waals surface area contributed by atoms with Crippen molar-refractivity contribution >= 4 is 11.5 Å². The van der Waals surface area contributed by atoms with E-state index in [1.807, 2.05) is 25.2 Å². The third-order valence-corrected chi connectivity index (χ3v) is 3.07. The highest BCUT2D eigenvalue weighted by molar-refractivity contribution is 5.59. The van der Waals surface area contributed by atoms with Crippen molar-refractivity contribution in [1.82, 2.24) is 9.78 Å². The van der Waals surface area contributed by atoms with Crippen molar-refractivity contribution in [1.29, 1.82) is 0 Å². The molecule has 0 saturated carbocycles. The molecule has 1 aromatic carbocycles. The molecule has 2 heterocycles. The van der Waals surface area contributed by atoms with Gasteiger partial charge in [0.25, 0.3) is 0 Å². The summed E-state index contributed by atoms with van der Waals surface area (Å²) < 4.78 is 7.53. The number of anilines is 2. The Balaban J connectivity index is 1.62. The number of rotatable bonds is 3. The number of para-hydroxylation sites is 1. The summed E-state index contributed by atoms with van der Waals surface area (Å²) in [6.07, 6.45) is 2.85. The van der Waals surface area contributed by atoms with Crippen LogP contribution in [0.15, 0.2) is 30.5 Å². The Labute approximate surface area is 106 Å². The molecule has 0 amide bonds. The molecule has 5 nitrogen and oxygen atoms in total. The van der Waals surface area contributed by atoms with Crippen molar-refractivity contribution in [2.24, 2.45) is 7.05 Å². The van der Waals surface area contributed by atoms with Crippen molar-refractivity contribution in [3.8, 4) is 5.75 Å². The largest absolute Gasteiger partial charge is 0.488 e. The topological polar surface area (TPSA) is 65.1 Å². The van der Waals surface area contributed by atoms with Crippen LogP contribution in [0.25, 0.3) is 0 Å². The predicted molar refractivity (Wildman–Crippen MR) is 70.7 cm³/mol. The Morgan fingerprint density at radius 2 is 2.33 bits per heavy atom. The number of ether oxygens (including phenoxy) is 1. The molecule has 5 heteroatoms. The average molecular weight is 244 g/mol. The van der Waals surface area contributed by atoms with Gasteiger partial charge < -0.3 is 15.8 Å². The number of aryl methyl sites for hydroxylation is 1. The maximum absolute atomic E-state index is 5.84. The molecule has 0 spiro atoms. The van der Waals surface area contributed by atoms with Crippen LogP contribution in [0.4, 0.5) is 11.5 Å². The highest BCUT2D eigenvalue weighted by atomic mass is 16.5. The van der Waals surface area contributed by atoms with Gasteiger partial charge in [0.1, 0.15) is 11.9 Å². The van der Waals surface area contributed by atoms with E-state index in [0.29, 0.717) is 12.2 Å². The van der Waals surface area contributed by atoms with Crippen LogP contribution in [0.3, 0.4) is 0 Å². The van der Waals surface area contributed by atoms with Crippen LogP contribution in [-0.2, 0) is 13.5 Å². The van der Waals surface area contributed by atoms with E-state index < -0.39 is 0 Å². The molecular formula is C13H16N4O. The lowest BCUT2D eigenvalue weighted by Gasteiger charge is -2.11. The molecule has 2 aromatic rings. The summed E-state index contributed by atoms with van der Waals surface area (Å²) in [7, 11) is 1.85. The highest BCUT2D eigenvalue weighted by Crippen LogP contribution is 2.28. The molecule has 0 fully saturated rings. The summed E-state index contributed by atoms with van der Waals surface area (Å²) in [6.45, 7) is 0.704. The molecule has 1 aromatic heterocycles. The standard InChI is InChI=1S/C13H16N4O/c1-17-8-11(14)13(16-17)15-7-10-6-9-4-2-3-5-12(9)18-10/h2-5,8,10H,6-7,14H2,1H3,(H,15,16). The van der Waals surface area contributed by atoms with Crippen LogP contribution in [0.2, 0.25) is 0 Å². The summed E-state index contributed by atoms with van der Waals surface area (Å²) >= 11 is 0. The number of aromatic nitrogens is 2. The molecule has 1 aliphatic rings. The lowest BCUT2D eigenvalue weighted by Crippen LogP contribution is -2.24. The molecule has 3 rings (SSSR count). The molecule has 1 aliphatic heterocycles. The number of fused-ring (bicyclic) bond motifs is 1. The van der Waals surface area contributed by atoms with Gasteiger partial charge in [-0.25, -0.2) is 0 Å². The third kappa shape index (κ3) is 1.99. The second kappa shape index (κ2) is 4.25. The Morgan fingerprint density at radius 1 is 1.50 bits per heavy atom. The maximum atomic E-state index is 5.84. The first-order valence-corrected chi connectivity index (χ1v) is 6.00. The number of nitrogen functional groups attached to an aromatic ring is 1. The fourth-order valence-corrected chi connectivity index (χ4v) is 2.22. The van der Waals surface area contributed by atoms with Crippen LogP contribution in [-0.4, -0.2) is 22.4 Å². The summed E-state index contributed by atoms with van der Waals surface area (Å²) in [4.78, 5) is 0. The number of benzene rings is 1. The van der Waals surface area contributed by atoms with Gasteiger partial charge in [0.2, 0.25) is 0 Å². The summed E-state index contributed by atoms with van der Waals surface area (Å²) in [5, 5.41) is 7.47. The zero-order valence-electron chi connectivity index (χ0n) is 10.3. The van der Waals surface area contributed by atoms with Gasteiger partial charge in [-0.1, -0.05) is 18.2 Å². The van der Waals surface area contributed by atoms with Crippen LogP contribution < -0.4 is 15.8 Å². The molecule has 1 atom stereocenters. The average Bonchev–Trinajstić information content (AvgIpc) is 2.89. The molecule has 0 radical (unpaired) electrons. The highest BCUT2D eigenvalue weighted by Gasteiger charge is 2.22. The van der Waals surface area contributed by atoms with Gasteiger partial charge in [-0.05, 0) is 11.6 Å². The van der Waals surface area contributed by atoms with Crippen molar-refractivity contribution < 1.29 is 4.74 Å². The lowest BCUT2D eigenvalue weighted by atomic mass is 10.1. The number of hydrogen-bond acceptors (Lipinski definition) is 4. The first kappa shape index (κ1) is 11.0. The minimum absolute atomic E-state index is 0.142. The number of nitrogens with zero attached hydrogens (tertiary/aromatic N) is 2. The molecule has 3 N–H and O–H groups in total. The van der Waals surface area contributed by atoms with Crippen LogP contribution in [0, 0.1) is 0 Å². The zero-order chi connectivity index (χ0) is 12.5. The van der Waals surface area contributed by atoms with E-state index in [2.05, 4.69) is 16.5 Å². The quantitative estimate of drug-likeness (QED) is 0.857. The Bertz CT molecular complexity index is 539. The number of nitrogens with two attached hydrogens (primary N) is 1. The molecule has 94 valence electrons. The molecule has 1 unspecified atom stereocenters. The van der Waals surface area contributed by atoms with E-state index in [4.69, 9.17) is 10.5 Å². The summed E-state index contributed by atoms with van der Waals surface area (Å²) in [5.74, 6) is 1.70. The van der Waals surface area contributed by atoms with Gasteiger partial charge >= 0.3 is 0 Å². The first-order chi connectivity index (χ1) is 8.72. The predicted octanol–water partition coefficient (Wildman–Crippen LogP) is 1.42. The number of nitrogens with one attached hydrogen (secondary N) is 1. The molecule has 0 bridgehead atoms. The minimum atomic E-state index is 0.142. The lowest BCUT2D eigenvalue weighted by molar-refractivity contribution is 0.246. The van der Waals surface area contributed by atoms with Crippen molar-refractivity contribution in [3.05, 3.63) is 36.0 Å². The molecule has 0 aliphatic carbocycles. The number of hydrogen-bond donors (Lipinski definition) is 2. The van der Waals surface area contributed by atoms with Gasteiger partial charge in [0, 0.05) is 19.7 Å². The van der Waals surface area contributed by atoms with Gasteiger partial charge in [-0.15, -0.1) is 0 Å². The second-order valence-electron chi connectivity index (χ2n) is 4.54. The normalized spacial score (nSPS) is 17.3. The van der Waals surface area contributed by atoms with E-state index in [-0.39, 0.29) is 6.10 Å². The van der Waals surface area contributed by atoms with Gasteiger partial charge in [0.15, 0.2) is 5.82 Å². The van der Waals surface area contributed by atoms with Gasteiger partial charge in [0.05, 0.1) is 12.2 Å². The van der Waals surface area contributed by atoms with E-state index in [9.17, 15) is 0 Å². The first-order valence-electron chi connectivity index (χ1n) is 6.00. The van der Waals surface area contributed by atoms with Crippen LogP contribution >= 0.6 is 0 Å². The third-order valence-electron chi connectivity index (χ3n) is 3.07. The smallest absolute Gasteiger partial charge is 0.171 e. The SMILES string of the molecule is Cn1cc(N)c(NCC2Cc3ccccc3O2)n1.